The van der Waals surface area contributed by atoms with Crippen molar-refractivity contribution in [1.29, 1.82) is 0 Å². The summed E-state index contributed by atoms with van der Waals surface area (Å²) in [5.74, 6) is 0.489. The van der Waals surface area contributed by atoms with E-state index in [9.17, 15) is 0 Å². The fourth-order valence-corrected chi connectivity index (χ4v) is 4.79. The summed E-state index contributed by atoms with van der Waals surface area (Å²) in [5, 5.41) is 2.70. The van der Waals surface area contributed by atoms with Gasteiger partial charge >= 0.3 is 0 Å². The molecule has 0 fully saturated rings. The summed E-state index contributed by atoms with van der Waals surface area (Å²) in [4.78, 5) is 0. The van der Waals surface area contributed by atoms with Gasteiger partial charge in [-0.25, -0.2) is 0 Å². The fourth-order valence-electron chi connectivity index (χ4n) is 3.64. The SMILES string of the molecule is C=C/C(=C\C=C(/C)c1ccc(-c2ccc3c(c2)sc2ccccc23)cc1)C(C)C. The number of hydrogen-bond acceptors (Lipinski definition) is 1. The lowest BCUT2D eigenvalue weighted by Crippen LogP contribution is -1.89. The molecule has 0 aliphatic rings. The van der Waals surface area contributed by atoms with Gasteiger partial charge in [0.25, 0.3) is 0 Å². The summed E-state index contributed by atoms with van der Waals surface area (Å²) in [6.45, 7) is 10.5. The Morgan fingerprint density at radius 1 is 0.828 bits per heavy atom. The highest BCUT2D eigenvalue weighted by molar-refractivity contribution is 7.25. The Morgan fingerprint density at radius 2 is 1.52 bits per heavy atom. The smallest absolute Gasteiger partial charge is 0.0361 e. The van der Waals surface area contributed by atoms with Crippen molar-refractivity contribution in [2.75, 3.05) is 0 Å². The third kappa shape index (κ3) is 3.97. The molecule has 3 aromatic carbocycles. The van der Waals surface area contributed by atoms with E-state index in [4.69, 9.17) is 0 Å². The molecule has 29 heavy (non-hydrogen) atoms. The molecule has 0 aliphatic carbocycles. The van der Waals surface area contributed by atoms with Crippen LogP contribution in [0.5, 0.6) is 0 Å². The van der Waals surface area contributed by atoms with Crippen molar-refractivity contribution in [2.45, 2.75) is 20.8 Å². The van der Waals surface area contributed by atoms with Crippen molar-refractivity contribution >= 4 is 37.1 Å². The summed E-state index contributed by atoms with van der Waals surface area (Å²) in [5.41, 5.74) is 6.30. The van der Waals surface area contributed by atoms with Crippen LogP contribution in [-0.2, 0) is 0 Å². The van der Waals surface area contributed by atoms with Gasteiger partial charge in [-0.3, -0.25) is 0 Å². The van der Waals surface area contributed by atoms with Gasteiger partial charge < -0.3 is 0 Å². The third-order valence-corrected chi connectivity index (χ3v) is 6.61. The van der Waals surface area contributed by atoms with Gasteiger partial charge in [0.1, 0.15) is 0 Å². The molecule has 4 rings (SSSR count). The van der Waals surface area contributed by atoms with Gasteiger partial charge in [0, 0.05) is 20.2 Å². The predicted octanol–water partition coefficient (Wildman–Crippen LogP) is 8.89. The maximum absolute atomic E-state index is 3.92. The molecule has 0 radical (unpaired) electrons. The van der Waals surface area contributed by atoms with Crippen LogP contribution >= 0.6 is 11.3 Å². The number of rotatable bonds is 5. The molecule has 0 N–H and O–H groups in total. The Bertz CT molecular complexity index is 1230. The number of benzene rings is 3. The van der Waals surface area contributed by atoms with Gasteiger partial charge in [0.15, 0.2) is 0 Å². The van der Waals surface area contributed by atoms with Crippen molar-refractivity contribution in [3.05, 3.63) is 103 Å². The standard InChI is InChI=1S/C28H26S/c1-5-21(19(2)3)11-10-20(4)22-12-14-23(15-13-22)24-16-17-26-25-8-6-7-9-27(25)29-28(26)18-24/h5-19H,1H2,2-4H3/b20-10+,21-11+. The van der Waals surface area contributed by atoms with E-state index >= 15 is 0 Å². The largest absolute Gasteiger partial charge is 0.135 e. The highest BCUT2D eigenvalue weighted by atomic mass is 32.1. The molecule has 144 valence electrons. The van der Waals surface area contributed by atoms with E-state index in [1.807, 2.05) is 17.4 Å². The Labute approximate surface area is 177 Å². The van der Waals surface area contributed by atoms with Crippen molar-refractivity contribution < 1.29 is 0 Å². The molecule has 0 amide bonds. The van der Waals surface area contributed by atoms with Crippen LogP contribution in [0.4, 0.5) is 0 Å². The average Bonchev–Trinajstić information content (AvgIpc) is 3.11. The zero-order chi connectivity index (χ0) is 20.4. The second-order valence-electron chi connectivity index (χ2n) is 7.76. The minimum absolute atomic E-state index is 0.489. The summed E-state index contributed by atoms with van der Waals surface area (Å²) in [7, 11) is 0. The van der Waals surface area contributed by atoms with Gasteiger partial charge in [-0.2, -0.15) is 0 Å². The van der Waals surface area contributed by atoms with Crippen LogP contribution < -0.4 is 0 Å². The Hall–Kier alpha value is -2.90. The van der Waals surface area contributed by atoms with Gasteiger partial charge in [-0.1, -0.05) is 93.3 Å². The molecular weight excluding hydrogens is 368 g/mol. The maximum Gasteiger partial charge on any atom is 0.0361 e. The second kappa shape index (κ2) is 8.23. The number of thiophene rings is 1. The molecule has 1 heterocycles. The fraction of sp³-hybridized carbons (Fsp3) is 0.143. The zero-order valence-electron chi connectivity index (χ0n) is 17.3. The molecule has 0 nitrogen and oxygen atoms in total. The molecule has 0 bridgehead atoms. The normalized spacial score (nSPS) is 12.8. The first-order valence-electron chi connectivity index (χ1n) is 10.1. The lowest BCUT2D eigenvalue weighted by molar-refractivity contribution is 0.792. The van der Waals surface area contributed by atoms with Gasteiger partial charge in [-0.15, -0.1) is 11.3 Å². The predicted molar refractivity (Wildman–Crippen MR) is 132 cm³/mol. The van der Waals surface area contributed by atoms with Crippen molar-refractivity contribution in [3.8, 4) is 11.1 Å². The number of hydrogen-bond donors (Lipinski definition) is 0. The summed E-state index contributed by atoms with van der Waals surface area (Å²) >= 11 is 1.87. The number of fused-ring (bicyclic) bond motifs is 3. The second-order valence-corrected chi connectivity index (χ2v) is 8.85. The molecule has 0 spiro atoms. The molecule has 1 aromatic heterocycles. The lowest BCUT2D eigenvalue weighted by Gasteiger charge is -2.07. The van der Waals surface area contributed by atoms with Gasteiger partial charge in [-0.05, 0) is 52.8 Å². The summed E-state index contributed by atoms with van der Waals surface area (Å²) in [6.07, 6.45) is 6.31. The van der Waals surface area contributed by atoms with Gasteiger partial charge in [0.2, 0.25) is 0 Å². The van der Waals surface area contributed by atoms with E-state index < -0.39 is 0 Å². The first-order valence-corrected chi connectivity index (χ1v) is 10.9. The van der Waals surface area contributed by atoms with Crippen LogP contribution in [0.1, 0.15) is 26.3 Å². The first kappa shape index (κ1) is 19.4. The Kier molecular flexibility index (Phi) is 5.51. The van der Waals surface area contributed by atoms with Crippen molar-refractivity contribution in [3.63, 3.8) is 0 Å². The average molecular weight is 395 g/mol. The topological polar surface area (TPSA) is 0 Å². The minimum Gasteiger partial charge on any atom is -0.135 e. The van der Waals surface area contributed by atoms with E-state index in [-0.39, 0.29) is 0 Å². The van der Waals surface area contributed by atoms with Crippen LogP contribution in [-0.4, -0.2) is 0 Å². The van der Waals surface area contributed by atoms with Crippen LogP contribution in [0.15, 0.2) is 97.1 Å². The van der Waals surface area contributed by atoms with Crippen LogP contribution in [0.3, 0.4) is 0 Å². The molecular formula is C28H26S. The van der Waals surface area contributed by atoms with E-state index in [1.165, 1.54) is 48.0 Å². The molecule has 1 heteroatoms. The third-order valence-electron chi connectivity index (χ3n) is 5.48. The van der Waals surface area contributed by atoms with Crippen LogP contribution in [0.2, 0.25) is 0 Å². The molecule has 0 unspecified atom stereocenters. The van der Waals surface area contributed by atoms with E-state index in [0.717, 1.165) is 0 Å². The molecule has 0 saturated heterocycles. The zero-order valence-corrected chi connectivity index (χ0v) is 18.1. The highest BCUT2D eigenvalue weighted by Gasteiger charge is 2.06. The lowest BCUT2D eigenvalue weighted by atomic mass is 9.98. The maximum atomic E-state index is 3.92. The van der Waals surface area contributed by atoms with Gasteiger partial charge in [0.05, 0.1) is 0 Å². The molecule has 0 saturated carbocycles. The van der Waals surface area contributed by atoms with E-state index in [0.29, 0.717) is 5.92 Å². The monoisotopic (exact) mass is 394 g/mol. The minimum atomic E-state index is 0.489. The summed E-state index contributed by atoms with van der Waals surface area (Å²) < 4.78 is 2.70. The van der Waals surface area contributed by atoms with Crippen LogP contribution in [0, 0.1) is 5.92 Å². The first-order chi connectivity index (χ1) is 14.1. The van der Waals surface area contributed by atoms with E-state index in [1.54, 1.807) is 0 Å². The highest BCUT2D eigenvalue weighted by Crippen LogP contribution is 2.36. The van der Waals surface area contributed by atoms with Crippen LogP contribution in [0.25, 0.3) is 36.9 Å². The van der Waals surface area contributed by atoms with E-state index in [2.05, 4.69) is 106 Å². The molecule has 4 aromatic rings. The number of allylic oxidation sites excluding steroid dienone is 5. The van der Waals surface area contributed by atoms with Crippen molar-refractivity contribution in [2.24, 2.45) is 5.92 Å². The molecule has 0 aliphatic heterocycles. The van der Waals surface area contributed by atoms with Crippen molar-refractivity contribution in [1.82, 2.24) is 0 Å². The Balaban J connectivity index is 1.63. The quantitative estimate of drug-likeness (QED) is 0.296. The molecule has 0 atom stereocenters. The summed E-state index contributed by atoms with van der Waals surface area (Å²) in [6, 6.07) is 24.3. The Morgan fingerprint density at radius 3 is 2.24 bits per heavy atom.